The van der Waals surface area contributed by atoms with Gasteiger partial charge in [-0.1, -0.05) is 13.0 Å². The molecule has 0 saturated heterocycles. The van der Waals surface area contributed by atoms with E-state index in [9.17, 15) is 23.1 Å². The number of nitrogens with zero attached hydrogens (tertiary/aromatic N) is 4. The summed E-state index contributed by atoms with van der Waals surface area (Å²) in [6, 6.07) is 8.59. The van der Waals surface area contributed by atoms with Crippen molar-refractivity contribution in [3.63, 3.8) is 0 Å². The Kier molecular flexibility index (Phi) is 8.48. The topological polar surface area (TPSA) is 165 Å². The quantitative estimate of drug-likeness (QED) is 0.345. The number of ether oxygens (including phenoxy) is 3. The number of rotatable bonds is 8. The van der Waals surface area contributed by atoms with E-state index in [2.05, 4.69) is 15.6 Å². The first kappa shape index (κ1) is 30.1. The number of anilines is 2. The first-order valence-electron chi connectivity index (χ1n) is 13.6. The number of carbonyl (C=O) groups is 2. The van der Waals surface area contributed by atoms with E-state index in [1.807, 2.05) is 6.92 Å². The van der Waals surface area contributed by atoms with Crippen LogP contribution in [0.2, 0.25) is 0 Å². The van der Waals surface area contributed by atoms with Gasteiger partial charge in [0, 0.05) is 44.5 Å². The fraction of sp³-hybridized carbons (Fsp3) is 0.393. The first-order valence-corrected chi connectivity index (χ1v) is 15.1. The summed E-state index contributed by atoms with van der Waals surface area (Å²) in [5.41, 5.74) is 0.816. The summed E-state index contributed by atoms with van der Waals surface area (Å²) < 4.78 is 46.3. The number of carbonyl (C=O) groups excluding carboxylic acids is 2. The second-order valence-electron chi connectivity index (χ2n) is 10.6. The number of amides is 3. The van der Waals surface area contributed by atoms with Crippen LogP contribution in [0.1, 0.15) is 24.2 Å². The van der Waals surface area contributed by atoms with Crippen molar-refractivity contribution in [1.82, 2.24) is 18.8 Å². The van der Waals surface area contributed by atoms with Crippen LogP contribution in [0.25, 0.3) is 0 Å². The van der Waals surface area contributed by atoms with Crippen molar-refractivity contribution >= 4 is 33.3 Å². The van der Waals surface area contributed by atoms with Gasteiger partial charge < -0.3 is 39.4 Å². The van der Waals surface area contributed by atoms with E-state index >= 15 is 0 Å². The lowest BCUT2D eigenvalue weighted by molar-refractivity contribution is 0.0389. The number of fused-ring (bicyclic) bond motifs is 2. The maximum atomic E-state index is 13.7. The molecule has 0 saturated carbocycles. The third kappa shape index (κ3) is 6.23. The number of aliphatic hydroxyl groups excluding tert-OH is 1. The van der Waals surface area contributed by atoms with Crippen LogP contribution < -0.4 is 24.8 Å². The lowest BCUT2D eigenvalue weighted by atomic mass is 9.99. The zero-order valence-corrected chi connectivity index (χ0v) is 25.0. The number of sulfonamides is 1. The molecule has 2 aromatic carbocycles. The fourth-order valence-corrected chi connectivity index (χ4v) is 5.99. The summed E-state index contributed by atoms with van der Waals surface area (Å²) in [6.07, 6.45) is 2.06. The Balaban J connectivity index is 1.45. The molecule has 0 spiro atoms. The van der Waals surface area contributed by atoms with Gasteiger partial charge in [-0.05, 0) is 31.2 Å². The molecule has 3 atom stereocenters. The Bertz CT molecular complexity index is 1630. The molecule has 3 N–H and O–H groups in total. The minimum absolute atomic E-state index is 0.0766. The second kappa shape index (κ2) is 12.1. The van der Waals surface area contributed by atoms with Crippen LogP contribution in [0.3, 0.4) is 0 Å². The number of aliphatic hydroxyl groups is 1. The summed E-state index contributed by atoms with van der Waals surface area (Å²) >= 11 is 0. The van der Waals surface area contributed by atoms with Gasteiger partial charge in [-0.2, -0.15) is 4.31 Å². The van der Waals surface area contributed by atoms with E-state index < -0.39 is 34.1 Å². The van der Waals surface area contributed by atoms with E-state index in [4.69, 9.17) is 14.2 Å². The number of para-hydroxylation sites is 1. The van der Waals surface area contributed by atoms with Gasteiger partial charge in [-0.3, -0.25) is 4.79 Å². The Hall–Kier alpha value is -4.34. The number of aromatic nitrogens is 2. The molecule has 0 unspecified atom stereocenters. The number of likely N-dealkylation sites (N-methyl/N-ethyl adjacent to an activating group) is 1. The summed E-state index contributed by atoms with van der Waals surface area (Å²) in [5.74, 6) is 0.387. The maximum absolute atomic E-state index is 13.7. The normalized spacial score (nSPS) is 18.8. The maximum Gasteiger partial charge on any atom is 0.323 e. The molecule has 15 heteroatoms. The largest absolute Gasteiger partial charge is 0.486 e. The number of imidazole rings is 1. The predicted molar refractivity (Wildman–Crippen MR) is 156 cm³/mol. The number of benzene rings is 2. The highest BCUT2D eigenvalue weighted by molar-refractivity contribution is 7.89. The molecular weight excluding hydrogens is 580 g/mol. The van der Waals surface area contributed by atoms with Crippen molar-refractivity contribution in [2.24, 2.45) is 13.0 Å². The van der Waals surface area contributed by atoms with Gasteiger partial charge in [0.1, 0.15) is 6.10 Å². The highest BCUT2D eigenvalue weighted by Crippen LogP contribution is 2.36. The first-order chi connectivity index (χ1) is 20.5. The number of urea groups is 1. The van der Waals surface area contributed by atoms with Gasteiger partial charge in [-0.15, -0.1) is 0 Å². The standard InChI is InChI=1S/C28H34N6O8S/c1-17-11-34(18(2)14-35)27(36)20-6-5-7-21(31-28(37)30-19-8-9-22-23(10-19)41-16-40-22)26(20)42-24(17)12-33(4)43(38,39)25-13-32(3)15-29-25/h5-10,13,15,17-18,24,35H,11-12,14,16H2,1-4H3,(H2,30,31,37)/t17-,18-,24+/m1/s1. The Labute approximate surface area is 249 Å². The fourth-order valence-electron chi connectivity index (χ4n) is 4.85. The molecule has 0 fully saturated rings. The smallest absolute Gasteiger partial charge is 0.323 e. The molecule has 2 aliphatic rings. The third-order valence-corrected chi connectivity index (χ3v) is 9.07. The van der Waals surface area contributed by atoms with E-state index in [1.54, 1.807) is 50.4 Å². The summed E-state index contributed by atoms with van der Waals surface area (Å²) in [4.78, 5) is 32.3. The van der Waals surface area contributed by atoms with Gasteiger partial charge in [-0.25, -0.2) is 18.2 Å². The van der Waals surface area contributed by atoms with E-state index in [-0.39, 0.29) is 54.4 Å². The highest BCUT2D eigenvalue weighted by atomic mass is 32.2. The highest BCUT2D eigenvalue weighted by Gasteiger charge is 2.36. The van der Waals surface area contributed by atoms with Gasteiger partial charge in [0.15, 0.2) is 22.3 Å². The Morgan fingerprint density at radius 3 is 2.70 bits per heavy atom. The molecule has 2 aliphatic heterocycles. The Morgan fingerprint density at radius 1 is 1.21 bits per heavy atom. The summed E-state index contributed by atoms with van der Waals surface area (Å²) in [7, 11) is -0.844. The van der Waals surface area contributed by atoms with Gasteiger partial charge >= 0.3 is 6.03 Å². The third-order valence-electron chi connectivity index (χ3n) is 7.36. The summed E-state index contributed by atoms with van der Waals surface area (Å²) in [5, 5.41) is 15.3. The lowest BCUT2D eigenvalue weighted by Gasteiger charge is -2.38. The van der Waals surface area contributed by atoms with Crippen LogP contribution in [0.4, 0.5) is 16.2 Å². The predicted octanol–water partition coefficient (Wildman–Crippen LogP) is 2.33. The molecule has 3 heterocycles. The molecule has 230 valence electrons. The minimum atomic E-state index is -3.95. The number of hydrogen-bond donors (Lipinski definition) is 3. The van der Waals surface area contributed by atoms with Crippen LogP contribution >= 0.6 is 0 Å². The molecule has 1 aromatic heterocycles. The monoisotopic (exact) mass is 614 g/mol. The van der Waals surface area contributed by atoms with Crippen LogP contribution in [0.15, 0.2) is 53.9 Å². The summed E-state index contributed by atoms with van der Waals surface area (Å²) in [6.45, 7) is 3.50. The molecular formula is C28H34N6O8S. The molecule has 5 rings (SSSR count). The molecule has 0 aliphatic carbocycles. The molecule has 0 bridgehead atoms. The molecule has 0 radical (unpaired) electrons. The van der Waals surface area contributed by atoms with Crippen molar-refractivity contribution in [1.29, 1.82) is 0 Å². The average Bonchev–Trinajstić information content (AvgIpc) is 3.63. The van der Waals surface area contributed by atoms with Crippen LogP contribution in [-0.4, -0.2) is 89.9 Å². The van der Waals surface area contributed by atoms with Gasteiger partial charge in [0.25, 0.3) is 15.9 Å². The molecule has 14 nitrogen and oxygen atoms in total. The van der Waals surface area contributed by atoms with Crippen molar-refractivity contribution in [2.45, 2.75) is 31.0 Å². The van der Waals surface area contributed by atoms with Gasteiger partial charge in [0.2, 0.25) is 6.79 Å². The average molecular weight is 615 g/mol. The van der Waals surface area contributed by atoms with Crippen molar-refractivity contribution in [3.05, 3.63) is 54.5 Å². The lowest BCUT2D eigenvalue weighted by Crippen LogP contribution is -2.50. The van der Waals surface area contributed by atoms with E-state index in [0.29, 0.717) is 17.2 Å². The van der Waals surface area contributed by atoms with Crippen molar-refractivity contribution in [3.8, 4) is 17.2 Å². The Morgan fingerprint density at radius 2 is 1.98 bits per heavy atom. The van der Waals surface area contributed by atoms with Crippen LogP contribution in [0.5, 0.6) is 17.2 Å². The van der Waals surface area contributed by atoms with Gasteiger partial charge in [0.05, 0.1) is 36.8 Å². The van der Waals surface area contributed by atoms with Crippen molar-refractivity contribution in [2.75, 3.05) is 44.2 Å². The SMILES string of the molecule is C[C@@H]1CN([C@H](C)CO)C(=O)c2cccc(NC(=O)Nc3ccc4c(c3)OCO4)c2O[C@H]1CN(C)S(=O)(=O)c1cn(C)cn1. The van der Waals surface area contributed by atoms with Crippen LogP contribution in [0, 0.1) is 5.92 Å². The molecule has 43 heavy (non-hydrogen) atoms. The zero-order chi connectivity index (χ0) is 30.9. The molecule has 3 aromatic rings. The number of aryl methyl sites for hydroxylation is 1. The van der Waals surface area contributed by atoms with E-state index in [0.717, 1.165) is 4.31 Å². The number of hydrogen-bond acceptors (Lipinski definition) is 9. The zero-order valence-electron chi connectivity index (χ0n) is 24.2. The number of nitrogens with one attached hydrogen (secondary N) is 2. The molecule has 3 amide bonds. The van der Waals surface area contributed by atoms with Crippen molar-refractivity contribution < 1.29 is 37.3 Å². The minimum Gasteiger partial charge on any atom is -0.486 e. The van der Waals surface area contributed by atoms with Crippen LogP contribution in [-0.2, 0) is 17.1 Å². The second-order valence-corrected chi connectivity index (χ2v) is 12.6. The van der Waals surface area contributed by atoms with E-state index in [1.165, 1.54) is 29.0 Å².